The number of rotatable bonds is 4. The largest absolute Gasteiger partial charge is 0.496 e. The molecule has 0 aliphatic rings. The van der Waals surface area contributed by atoms with E-state index in [-0.39, 0.29) is 11.2 Å². The Balaban J connectivity index is 1.75. The summed E-state index contributed by atoms with van der Waals surface area (Å²) in [4.78, 5) is 25.5. The molecule has 4 aromatic rings. The number of aryl methyl sites for hydroxylation is 1. The van der Waals surface area contributed by atoms with E-state index < -0.39 is 5.97 Å². The Labute approximate surface area is 177 Å². The van der Waals surface area contributed by atoms with Crippen molar-refractivity contribution in [3.8, 4) is 22.6 Å². The van der Waals surface area contributed by atoms with Crippen molar-refractivity contribution in [3.63, 3.8) is 0 Å². The van der Waals surface area contributed by atoms with Gasteiger partial charge in [-0.25, -0.2) is 4.79 Å². The van der Waals surface area contributed by atoms with Crippen LogP contribution in [0.25, 0.3) is 22.1 Å². The van der Waals surface area contributed by atoms with Crippen molar-refractivity contribution >= 4 is 28.5 Å². The molecule has 3 aromatic carbocycles. The number of hydrogen-bond acceptors (Lipinski definition) is 5. The third kappa shape index (κ3) is 3.67. The SMILES string of the molecule is COc1ccccc1-c1c(C)oc2cc(OC(=O)c3cccc(Cl)c3)ccc2c1=O. The molecule has 0 saturated carbocycles. The quantitative estimate of drug-likeness (QED) is 0.315. The van der Waals surface area contributed by atoms with Gasteiger partial charge < -0.3 is 13.9 Å². The number of hydrogen-bond donors (Lipinski definition) is 0. The normalized spacial score (nSPS) is 10.8. The van der Waals surface area contributed by atoms with E-state index in [1.54, 1.807) is 50.4 Å². The van der Waals surface area contributed by atoms with Gasteiger partial charge in [0.2, 0.25) is 5.43 Å². The lowest BCUT2D eigenvalue weighted by atomic mass is 10.0. The molecule has 0 atom stereocenters. The van der Waals surface area contributed by atoms with Gasteiger partial charge in [-0.1, -0.05) is 35.9 Å². The van der Waals surface area contributed by atoms with Crippen molar-refractivity contribution < 1.29 is 18.7 Å². The number of ether oxygens (including phenoxy) is 2. The molecule has 0 spiro atoms. The molecule has 5 nitrogen and oxygen atoms in total. The number of para-hydroxylation sites is 1. The Morgan fingerprint density at radius 3 is 2.57 bits per heavy atom. The van der Waals surface area contributed by atoms with Gasteiger partial charge in [-0.3, -0.25) is 4.79 Å². The molecule has 0 aliphatic heterocycles. The maximum atomic E-state index is 13.2. The van der Waals surface area contributed by atoms with Crippen LogP contribution in [0.3, 0.4) is 0 Å². The molecule has 1 heterocycles. The third-order valence-corrected chi connectivity index (χ3v) is 4.92. The lowest BCUT2D eigenvalue weighted by Gasteiger charge is -2.11. The summed E-state index contributed by atoms with van der Waals surface area (Å²) in [7, 11) is 1.55. The van der Waals surface area contributed by atoms with Gasteiger partial charge >= 0.3 is 5.97 Å². The molecule has 0 amide bonds. The van der Waals surface area contributed by atoms with Crippen LogP contribution in [0.15, 0.2) is 75.9 Å². The zero-order chi connectivity index (χ0) is 21.3. The first kappa shape index (κ1) is 19.7. The third-order valence-electron chi connectivity index (χ3n) is 4.69. The predicted molar refractivity (Wildman–Crippen MR) is 116 cm³/mol. The molecule has 0 fully saturated rings. The molecule has 1 aromatic heterocycles. The molecular weight excluding hydrogens is 404 g/mol. The summed E-state index contributed by atoms with van der Waals surface area (Å²) in [5.41, 5.74) is 1.55. The molecule has 30 heavy (non-hydrogen) atoms. The van der Waals surface area contributed by atoms with E-state index in [0.717, 1.165) is 0 Å². The Morgan fingerprint density at radius 1 is 1.00 bits per heavy atom. The maximum absolute atomic E-state index is 13.2. The van der Waals surface area contributed by atoms with Crippen LogP contribution >= 0.6 is 11.6 Å². The second-order valence-corrected chi connectivity index (χ2v) is 7.06. The second kappa shape index (κ2) is 8.05. The second-order valence-electron chi connectivity index (χ2n) is 6.62. The fourth-order valence-electron chi connectivity index (χ4n) is 3.29. The lowest BCUT2D eigenvalue weighted by molar-refractivity contribution is 0.0735. The predicted octanol–water partition coefficient (Wildman–Crippen LogP) is 5.65. The number of carbonyl (C=O) groups is 1. The average molecular weight is 421 g/mol. The van der Waals surface area contributed by atoms with Crippen molar-refractivity contribution in [2.24, 2.45) is 0 Å². The number of fused-ring (bicyclic) bond motifs is 1. The van der Waals surface area contributed by atoms with Gasteiger partial charge in [0.05, 0.1) is 23.6 Å². The first-order valence-electron chi connectivity index (χ1n) is 9.16. The summed E-state index contributed by atoms with van der Waals surface area (Å²) in [6.45, 7) is 1.72. The van der Waals surface area contributed by atoms with Crippen molar-refractivity contribution in [2.45, 2.75) is 6.92 Å². The Kier molecular flexibility index (Phi) is 5.29. The van der Waals surface area contributed by atoms with Gasteiger partial charge in [-0.2, -0.15) is 0 Å². The summed E-state index contributed by atoms with van der Waals surface area (Å²) in [6.07, 6.45) is 0. The Morgan fingerprint density at radius 2 is 1.80 bits per heavy atom. The van der Waals surface area contributed by atoms with E-state index in [1.165, 1.54) is 12.1 Å². The van der Waals surface area contributed by atoms with Crippen LogP contribution in [0, 0.1) is 6.92 Å². The first-order chi connectivity index (χ1) is 14.5. The molecule has 0 bridgehead atoms. The summed E-state index contributed by atoms with van der Waals surface area (Å²) >= 11 is 5.93. The minimum atomic E-state index is -0.554. The fourth-order valence-corrected chi connectivity index (χ4v) is 3.48. The number of benzene rings is 3. The molecule has 150 valence electrons. The number of esters is 1. The van der Waals surface area contributed by atoms with Gasteiger partial charge in [-0.15, -0.1) is 0 Å². The standard InChI is InChI=1S/C24H17ClO5/c1-14-22(18-8-3-4-9-20(18)28-2)23(26)19-11-10-17(13-21(19)29-14)30-24(27)15-6-5-7-16(25)12-15/h3-13H,1-2H3. The molecule has 0 radical (unpaired) electrons. The van der Waals surface area contributed by atoms with Crippen LogP contribution in [-0.2, 0) is 0 Å². The topological polar surface area (TPSA) is 65.7 Å². The van der Waals surface area contributed by atoms with E-state index in [0.29, 0.717) is 44.2 Å². The van der Waals surface area contributed by atoms with E-state index in [4.69, 9.17) is 25.5 Å². The Hall–Kier alpha value is -3.57. The molecular formula is C24H17ClO5. The van der Waals surface area contributed by atoms with Gasteiger partial charge in [0.15, 0.2) is 0 Å². The molecule has 0 N–H and O–H groups in total. The molecule has 0 aliphatic carbocycles. The van der Waals surface area contributed by atoms with Crippen molar-refractivity contribution in [1.29, 1.82) is 0 Å². The van der Waals surface area contributed by atoms with Gasteiger partial charge in [0.25, 0.3) is 0 Å². The number of carbonyl (C=O) groups excluding carboxylic acids is 1. The Bertz CT molecular complexity index is 1320. The van der Waals surface area contributed by atoms with Crippen LogP contribution in [0.2, 0.25) is 5.02 Å². The van der Waals surface area contributed by atoms with Crippen LogP contribution < -0.4 is 14.9 Å². The van der Waals surface area contributed by atoms with Crippen LogP contribution in [-0.4, -0.2) is 13.1 Å². The highest BCUT2D eigenvalue weighted by Gasteiger charge is 2.18. The molecule has 6 heteroatoms. The van der Waals surface area contributed by atoms with Gasteiger partial charge in [0.1, 0.15) is 22.8 Å². The molecule has 0 unspecified atom stereocenters. The van der Waals surface area contributed by atoms with Crippen LogP contribution in [0.5, 0.6) is 11.5 Å². The fraction of sp³-hybridized carbons (Fsp3) is 0.0833. The maximum Gasteiger partial charge on any atom is 0.343 e. The zero-order valence-corrected chi connectivity index (χ0v) is 17.0. The molecule has 4 rings (SSSR count). The zero-order valence-electron chi connectivity index (χ0n) is 16.3. The van der Waals surface area contributed by atoms with Crippen LogP contribution in [0.1, 0.15) is 16.1 Å². The highest BCUT2D eigenvalue weighted by atomic mass is 35.5. The van der Waals surface area contributed by atoms with Crippen molar-refractivity contribution in [2.75, 3.05) is 7.11 Å². The van der Waals surface area contributed by atoms with Gasteiger partial charge in [0, 0.05) is 16.7 Å². The average Bonchev–Trinajstić information content (AvgIpc) is 2.74. The summed E-state index contributed by atoms with van der Waals surface area (Å²) in [5, 5.41) is 0.817. The summed E-state index contributed by atoms with van der Waals surface area (Å²) in [6, 6.07) is 18.4. The van der Waals surface area contributed by atoms with E-state index in [2.05, 4.69) is 0 Å². The van der Waals surface area contributed by atoms with E-state index in [1.807, 2.05) is 18.2 Å². The monoisotopic (exact) mass is 420 g/mol. The first-order valence-corrected chi connectivity index (χ1v) is 9.54. The van der Waals surface area contributed by atoms with Gasteiger partial charge in [-0.05, 0) is 43.3 Å². The summed E-state index contributed by atoms with van der Waals surface area (Å²) in [5.74, 6) is 0.733. The van der Waals surface area contributed by atoms with Crippen molar-refractivity contribution in [1.82, 2.24) is 0 Å². The minimum absolute atomic E-state index is 0.189. The van der Waals surface area contributed by atoms with Crippen LogP contribution in [0.4, 0.5) is 0 Å². The van der Waals surface area contributed by atoms with E-state index in [9.17, 15) is 9.59 Å². The van der Waals surface area contributed by atoms with Crippen molar-refractivity contribution in [3.05, 3.63) is 93.3 Å². The molecule has 0 saturated heterocycles. The lowest BCUT2D eigenvalue weighted by Crippen LogP contribution is -2.10. The highest BCUT2D eigenvalue weighted by Crippen LogP contribution is 2.32. The smallest absolute Gasteiger partial charge is 0.343 e. The highest BCUT2D eigenvalue weighted by molar-refractivity contribution is 6.30. The number of methoxy groups -OCH3 is 1. The summed E-state index contributed by atoms with van der Waals surface area (Å²) < 4.78 is 16.7. The number of halogens is 1. The van der Waals surface area contributed by atoms with E-state index >= 15 is 0 Å². The minimum Gasteiger partial charge on any atom is -0.496 e.